The van der Waals surface area contributed by atoms with E-state index in [0.717, 1.165) is 25.7 Å². The largest absolute Gasteiger partial charge is 0.488 e. The molecule has 0 bridgehead atoms. The lowest BCUT2D eigenvalue weighted by molar-refractivity contribution is -0.384. The molecule has 0 saturated carbocycles. The molecule has 7 nitrogen and oxygen atoms in total. The molecule has 0 N–H and O–H groups in total. The van der Waals surface area contributed by atoms with Gasteiger partial charge in [0, 0.05) is 24.1 Å². The van der Waals surface area contributed by atoms with Crippen molar-refractivity contribution in [2.45, 2.75) is 59.9 Å². The summed E-state index contributed by atoms with van der Waals surface area (Å²) in [5, 5.41) is 11.9. The number of allylic oxidation sites excluding steroid dienone is 3. The molecular weight excluding hydrogens is 396 g/mol. The molecule has 0 aliphatic heterocycles. The van der Waals surface area contributed by atoms with Crippen LogP contribution in [0.5, 0.6) is 11.5 Å². The third kappa shape index (κ3) is 6.20. The van der Waals surface area contributed by atoms with E-state index in [0.29, 0.717) is 23.2 Å². The number of aromatic nitrogens is 1. The number of nitro groups is 1. The molecule has 31 heavy (non-hydrogen) atoms. The molecule has 1 aromatic heterocycles. The molecule has 0 atom stereocenters. The Kier molecular flexibility index (Phi) is 8.85. The number of pyridine rings is 1. The lowest BCUT2D eigenvalue weighted by Gasteiger charge is -2.17. The molecule has 7 heteroatoms. The number of nitrogens with zero attached hydrogens (tertiary/aromatic N) is 2. The van der Waals surface area contributed by atoms with Gasteiger partial charge in [0.05, 0.1) is 17.5 Å². The van der Waals surface area contributed by atoms with Crippen LogP contribution in [0.3, 0.4) is 0 Å². The fraction of sp³-hybridized carbons (Fsp3) is 0.458. The van der Waals surface area contributed by atoms with Crippen LogP contribution in [-0.2, 0) is 6.54 Å². The third-order valence-corrected chi connectivity index (χ3v) is 5.06. The molecule has 0 spiro atoms. The van der Waals surface area contributed by atoms with Gasteiger partial charge < -0.3 is 14.0 Å². The van der Waals surface area contributed by atoms with E-state index in [4.69, 9.17) is 9.47 Å². The summed E-state index contributed by atoms with van der Waals surface area (Å²) >= 11 is 0. The minimum Gasteiger partial charge on any atom is -0.488 e. The van der Waals surface area contributed by atoms with Gasteiger partial charge >= 0.3 is 0 Å². The number of methoxy groups -OCH3 is 1. The first-order valence-corrected chi connectivity index (χ1v) is 10.6. The fourth-order valence-electron chi connectivity index (χ4n) is 3.32. The quantitative estimate of drug-likeness (QED) is 0.257. The van der Waals surface area contributed by atoms with Crippen LogP contribution in [0.25, 0.3) is 10.9 Å². The number of fused-ring (bicyclic) bond motifs is 1. The van der Waals surface area contributed by atoms with Crippen LogP contribution in [0.15, 0.2) is 46.3 Å². The summed E-state index contributed by atoms with van der Waals surface area (Å²) in [5.74, 6) is 0.437. The van der Waals surface area contributed by atoms with Gasteiger partial charge in [-0.15, -0.1) is 0 Å². The molecule has 0 unspecified atom stereocenters. The van der Waals surface area contributed by atoms with E-state index in [-0.39, 0.29) is 23.6 Å². The minimum atomic E-state index is -0.461. The summed E-state index contributed by atoms with van der Waals surface area (Å²) in [6, 6.07) is 4.47. The molecule has 0 aliphatic rings. The summed E-state index contributed by atoms with van der Waals surface area (Å²) in [7, 11) is 1.44. The smallest absolute Gasteiger partial charge is 0.297 e. The molecule has 1 aromatic carbocycles. The van der Waals surface area contributed by atoms with Crippen LogP contribution in [0, 0.1) is 10.1 Å². The standard InChI is InChI=1S/C24H32N2O5/c1-6-7-14-25-21-16-19(26(28)29)11-12-20(21)22(23(30-5)24(25)27)31-15-13-18(4)10-8-9-17(2)3/h9,11-13,16H,6-8,10,14-15H2,1-5H3. The van der Waals surface area contributed by atoms with E-state index in [9.17, 15) is 14.9 Å². The third-order valence-electron chi connectivity index (χ3n) is 5.06. The molecule has 2 aromatic rings. The topological polar surface area (TPSA) is 83.6 Å². The van der Waals surface area contributed by atoms with Crippen molar-refractivity contribution in [2.75, 3.05) is 13.7 Å². The maximum Gasteiger partial charge on any atom is 0.297 e. The van der Waals surface area contributed by atoms with Crippen molar-refractivity contribution >= 4 is 16.6 Å². The van der Waals surface area contributed by atoms with Gasteiger partial charge in [0.15, 0.2) is 5.75 Å². The Balaban J connectivity index is 2.46. The van der Waals surface area contributed by atoms with Crippen LogP contribution >= 0.6 is 0 Å². The average Bonchev–Trinajstić information content (AvgIpc) is 2.72. The maximum absolute atomic E-state index is 13.1. The van der Waals surface area contributed by atoms with Crippen molar-refractivity contribution in [1.82, 2.24) is 4.57 Å². The van der Waals surface area contributed by atoms with Gasteiger partial charge in [-0.05, 0) is 52.2 Å². The van der Waals surface area contributed by atoms with Crippen LogP contribution in [0.4, 0.5) is 5.69 Å². The first-order valence-electron chi connectivity index (χ1n) is 10.6. The Labute approximate surface area is 183 Å². The second-order valence-electron chi connectivity index (χ2n) is 7.81. The number of hydrogen-bond donors (Lipinski definition) is 0. The lowest BCUT2D eigenvalue weighted by Crippen LogP contribution is -2.23. The van der Waals surface area contributed by atoms with E-state index >= 15 is 0 Å². The highest BCUT2D eigenvalue weighted by atomic mass is 16.6. The zero-order valence-corrected chi connectivity index (χ0v) is 19.1. The highest BCUT2D eigenvalue weighted by Crippen LogP contribution is 2.34. The molecule has 168 valence electrons. The summed E-state index contributed by atoms with van der Waals surface area (Å²) in [4.78, 5) is 23.9. The van der Waals surface area contributed by atoms with Crippen molar-refractivity contribution < 1.29 is 14.4 Å². The number of nitro benzene ring substituents is 1. The highest BCUT2D eigenvalue weighted by Gasteiger charge is 2.21. The highest BCUT2D eigenvalue weighted by molar-refractivity contribution is 5.89. The Morgan fingerprint density at radius 3 is 2.55 bits per heavy atom. The van der Waals surface area contributed by atoms with Crippen molar-refractivity contribution in [3.05, 3.63) is 62.0 Å². The van der Waals surface area contributed by atoms with E-state index in [2.05, 4.69) is 19.9 Å². The Morgan fingerprint density at radius 2 is 1.94 bits per heavy atom. The van der Waals surface area contributed by atoms with Gasteiger partial charge in [-0.2, -0.15) is 0 Å². The fourth-order valence-corrected chi connectivity index (χ4v) is 3.32. The predicted octanol–water partition coefficient (Wildman–Crippen LogP) is 5.79. The van der Waals surface area contributed by atoms with E-state index in [1.165, 1.54) is 35.0 Å². The molecule has 0 radical (unpaired) electrons. The van der Waals surface area contributed by atoms with Gasteiger partial charge in [0.2, 0.25) is 5.75 Å². The van der Waals surface area contributed by atoms with E-state index in [1.807, 2.05) is 19.9 Å². The van der Waals surface area contributed by atoms with Crippen LogP contribution in [-0.4, -0.2) is 23.2 Å². The zero-order chi connectivity index (χ0) is 23.0. The first kappa shape index (κ1) is 24.2. The van der Waals surface area contributed by atoms with Crippen molar-refractivity contribution in [2.24, 2.45) is 0 Å². The van der Waals surface area contributed by atoms with Gasteiger partial charge in [-0.25, -0.2) is 0 Å². The number of non-ortho nitro benzene ring substituents is 1. The van der Waals surface area contributed by atoms with Crippen LogP contribution < -0.4 is 15.0 Å². The molecule has 0 saturated heterocycles. The molecule has 2 rings (SSSR count). The van der Waals surface area contributed by atoms with Crippen LogP contribution in [0.2, 0.25) is 0 Å². The number of ether oxygens (including phenoxy) is 2. The summed E-state index contributed by atoms with van der Waals surface area (Å²) in [6.45, 7) is 8.95. The van der Waals surface area contributed by atoms with E-state index < -0.39 is 4.92 Å². The Hall–Kier alpha value is -3.09. The molecule has 0 amide bonds. The Morgan fingerprint density at radius 1 is 1.19 bits per heavy atom. The normalized spacial score (nSPS) is 11.5. The van der Waals surface area contributed by atoms with Crippen molar-refractivity contribution in [3.8, 4) is 11.5 Å². The summed E-state index contributed by atoms with van der Waals surface area (Å²) in [6.07, 6.45) is 7.73. The maximum atomic E-state index is 13.1. The number of rotatable bonds is 11. The number of benzene rings is 1. The van der Waals surface area contributed by atoms with Gasteiger partial charge in [0.1, 0.15) is 6.61 Å². The van der Waals surface area contributed by atoms with Crippen molar-refractivity contribution in [1.29, 1.82) is 0 Å². The first-order chi connectivity index (χ1) is 14.8. The lowest BCUT2D eigenvalue weighted by atomic mass is 10.1. The van der Waals surface area contributed by atoms with Gasteiger partial charge in [0.25, 0.3) is 11.2 Å². The average molecular weight is 429 g/mol. The number of hydrogen-bond acceptors (Lipinski definition) is 5. The molecular formula is C24H32N2O5. The number of aryl methyl sites for hydroxylation is 1. The van der Waals surface area contributed by atoms with E-state index in [1.54, 1.807) is 6.07 Å². The van der Waals surface area contributed by atoms with Gasteiger partial charge in [-0.3, -0.25) is 14.9 Å². The minimum absolute atomic E-state index is 0.0664. The van der Waals surface area contributed by atoms with Crippen LogP contribution in [0.1, 0.15) is 53.4 Å². The zero-order valence-electron chi connectivity index (χ0n) is 19.1. The second-order valence-corrected chi connectivity index (χ2v) is 7.81. The molecule has 1 heterocycles. The monoisotopic (exact) mass is 428 g/mol. The molecule has 0 fully saturated rings. The summed E-state index contributed by atoms with van der Waals surface area (Å²) < 4.78 is 12.9. The molecule has 0 aliphatic carbocycles. The second kappa shape index (κ2) is 11.3. The summed E-state index contributed by atoms with van der Waals surface area (Å²) in [5.41, 5.74) is 2.55. The van der Waals surface area contributed by atoms with Gasteiger partial charge in [-0.1, -0.05) is 30.6 Å². The Bertz CT molecular complexity index is 1050. The SMILES string of the molecule is CCCCn1c(=O)c(OC)c(OCC=C(C)CCC=C(C)C)c2ccc([N+](=O)[O-])cc21. The number of unbranched alkanes of at least 4 members (excludes halogenated alkanes) is 1. The predicted molar refractivity (Wildman–Crippen MR) is 124 cm³/mol. The van der Waals surface area contributed by atoms with Crippen molar-refractivity contribution in [3.63, 3.8) is 0 Å².